The molecule has 0 aliphatic rings. The summed E-state index contributed by atoms with van der Waals surface area (Å²) >= 11 is 7.48. The topological polar surface area (TPSA) is 40.1 Å². The minimum Gasteiger partial charge on any atom is -0.545 e. The van der Waals surface area contributed by atoms with Crippen molar-refractivity contribution in [2.24, 2.45) is 0 Å². The van der Waals surface area contributed by atoms with Crippen molar-refractivity contribution < 1.29 is 9.90 Å². The van der Waals surface area contributed by atoms with Crippen LogP contribution < -0.4 is 5.11 Å². The Morgan fingerprint density at radius 1 is 1.55 bits per heavy atom. The van der Waals surface area contributed by atoms with Crippen LogP contribution in [0.1, 0.15) is 10.4 Å². The maximum absolute atomic E-state index is 10.4. The summed E-state index contributed by atoms with van der Waals surface area (Å²) in [5.74, 6) is -1.20. The number of carboxylic acids is 1. The molecule has 0 heterocycles. The Bertz CT molecular complexity index is 298. The number of carbonyl (C=O) groups is 1. The van der Waals surface area contributed by atoms with Gasteiger partial charge in [0.15, 0.2) is 0 Å². The molecule has 1 rings (SSSR count). The monoisotopic (exact) mass is 281 g/mol. The number of rotatable bonds is 1. The standard InChI is InChI=1S/C7H4ClIO2/c8-4-1-2-6(9)5(3-4)7(10)11/h1-3H,(H,10,11)/p-1. The lowest BCUT2D eigenvalue weighted by atomic mass is 10.2. The van der Waals surface area contributed by atoms with Crippen molar-refractivity contribution in [1.29, 1.82) is 0 Å². The largest absolute Gasteiger partial charge is 0.545 e. The summed E-state index contributed by atoms with van der Waals surface area (Å²) < 4.78 is 0.631. The van der Waals surface area contributed by atoms with Gasteiger partial charge < -0.3 is 9.90 Å². The zero-order valence-corrected chi connectivity index (χ0v) is 8.22. The minimum atomic E-state index is -1.20. The first kappa shape index (κ1) is 8.80. The normalized spacial score (nSPS) is 9.64. The summed E-state index contributed by atoms with van der Waals surface area (Å²) in [6.45, 7) is 0. The molecule has 0 atom stereocenters. The van der Waals surface area contributed by atoms with Gasteiger partial charge in [-0.3, -0.25) is 0 Å². The van der Waals surface area contributed by atoms with Crippen molar-refractivity contribution in [2.45, 2.75) is 0 Å². The predicted molar refractivity (Wildman–Crippen MR) is 48.5 cm³/mol. The minimum absolute atomic E-state index is 0.137. The van der Waals surface area contributed by atoms with Crippen LogP contribution in [0.5, 0.6) is 0 Å². The SMILES string of the molecule is O=C([O-])c1cc(Cl)ccc1I. The fraction of sp³-hybridized carbons (Fsp3) is 0. The number of halogens is 2. The smallest absolute Gasteiger partial charge is 0.0726 e. The van der Waals surface area contributed by atoms with E-state index in [0.717, 1.165) is 0 Å². The molecule has 0 fully saturated rings. The third kappa shape index (κ3) is 2.07. The third-order valence-corrected chi connectivity index (χ3v) is 2.32. The summed E-state index contributed by atoms with van der Waals surface area (Å²) in [4.78, 5) is 10.4. The van der Waals surface area contributed by atoms with E-state index in [-0.39, 0.29) is 5.56 Å². The van der Waals surface area contributed by atoms with Crippen molar-refractivity contribution in [2.75, 3.05) is 0 Å². The second-order valence-corrected chi connectivity index (χ2v) is 3.51. The first-order chi connectivity index (χ1) is 5.11. The van der Waals surface area contributed by atoms with Crippen LogP contribution in [0.15, 0.2) is 18.2 Å². The number of carbonyl (C=O) groups excluding carboxylic acids is 1. The Morgan fingerprint density at radius 2 is 2.18 bits per heavy atom. The van der Waals surface area contributed by atoms with Gasteiger partial charge in [0.1, 0.15) is 0 Å². The summed E-state index contributed by atoms with van der Waals surface area (Å²) in [5, 5.41) is 10.8. The summed E-state index contributed by atoms with van der Waals surface area (Å²) in [6, 6.07) is 4.64. The molecule has 1 aromatic carbocycles. The predicted octanol–water partition coefficient (Wildman–Crippen LogP) is 1.31. The molecule has 0 unspecified atom stereocenters. The highest BCUT2D eigenvalue weighted by molar-refractivity contribution is 14.1. The second kappa shape index (κ2) is 3.40. The van der Waals surface area contributed by atoms with E-state index >= 15 is 0 Å². The van der Waals surface area contributed by atoms with Gasteiger partial charge in [0.25, 0.3) is 0 Å². The van der Waals surface area contributed by atoms with E-state index in [4.69, 9.17) is 11.6 Å². The number of benzene rings is 1. The van der Waals surface area contributed by atoms with E-state index in [2.05, 4.69) is 0 Å². The lowest BCUT2D eigenvalue weighted by molar-refractivity contribution is -0.255. The fourth-order valence-electron chi connectivity index (χ4n) is 0.654. The van der Waals surface area contributed by atoms with Gasteiger partial charge in [-0.25, -0.2) is 0 Å². The molecular weight excluding hydrogens is 278 g/mol. The first-order valence-corrected chi connectivity index (χ1v) is 4.23. The van der Waals surface area contributed by atoms with Crippen LogP contribution in [-0.2, 0) is 0 Å². The summed E-state index contributed by atoms with van der Waals surface area (Å²) in [6.07, 6.45) is 0. The Labute approximate surface area is 82.3 Å². The maximum atomic E-state index is 10.4. The van der Waals surface area contributed by atoms with Gasteiger partial charge >= 0.3 is 0 Å². The molecule has 0 N–H and O–H groups in total. The summed E-state index contributed by atoms with van der Waals surface area (Å²) in [5.41, 5.74) is 0.137. The van der Waals surface area contributed by atoms with Crippen molar-refractivity contribution in [3.63, 3.8) is 0 Å². The average molecular weight is 281 g/mol. The molecule has 0 aliphatic carbocycles. The molecule has 0 bridgehead atoms. The van der Waals surface area contributed by atoms with Gasteiger partial charge in [-0.05, 0) is 40.8 Å². The first-order valence-electron chi connectivity index (χ1n) is 2.77. The van der Waals surface area contributed by atoms with Crippen LogP contribution in [0, 0.1) is 3.57 Å². The van der Waals surface area contributed by atoms with Crippen LogP contribution in [0.25, 0.3) is 0 Å². The molecule has 58 valence electrons. The van der Waals surface area contributed by atoms with E-state index < -0.39 is 5.97 Å². The van der Waals surface area contributed by atoms with E-state index in [1.807, 2.05) is 22.6 Å². The van der Waals surface area contributed by atoms with Crippen LogP contribution in [0.4, 0.5) is 0 Å². The van der Waals surface area contributed by atoms with E-state index in [0.29, 0.717) is 8.59 Å². The second-order valence-electron chi connectivity index (χ2n) is 1.91. The average Bonchev–Trinajstić information content (AvgIpc) is 1.94. The Hall–Kier alpha value is -0.290. The van der Waals surface area contributed by atoms with E-state index in [1.165, 1.54) is 6.07 Å². The van der Waals surface area contributed by atoms with Gasteiger partial charge in [-0.1, -0.05) is 11.6 Å². The molecule has 0 amide bonds. The molecule has 0 aromatic heterocycles. The maximum Gasteiger partial charge on any atom is 0.0726 e. The highest BCUT2D eigenvalue weighted by atomic mass is 127. The quantitative estimate of drug-likeness (QED) is 0.728. The van der Waals surface area contributed by atoms with Crippen molar-refractivity contribution >= 4 is 40.2 Å². The van der Waals surface area contributed by atoms with Crippen LogP contribution in [0.2, 0.25) is 5.02 Å². The Kier molecular flexibility index (Phi) is 2.72. The highest BCUT2D eigenvalue weighted by Gasteiger charge is 2.00. The molecule has 11 heavy (non-hydrogen) atoms. The molecule has 0 radical (unpaired) electrons. The lowest BCUT2D eigenvalue weighted by Crippen LogP contribution is -2.23. The number of hydrogen-bond acceptors (Lipinski definition) is 2. The number of aromatic carboxylic acids is 1. The molecular formula is C7H3ClIO2-. The van der Waals surface area contributed by atoms with Crippen molar-refractivity contribution in [3.8, 4) is 0 Å². The molecule has 1 aromatic rings. The van der Waals surface area contributed by atoms with E-state index in [9.17, 15) is 9.90 Å². The third-order valence-electron chi connectivity index (χ3n) is 1.15. The van der Waals surface area contributed by atoms with Crippen molar-refractivity contribution in [3.05, 3.63) is 32.4 Å². The Morgan fingerprint density at radius 3 is 2.64 bits per heavy atom. The molecule has 0 saturated heterocycles. The van der Waals surface area contributed by atoms with Gasteiger partial charge in [-0.15, -0.1) is 0 Å². The molecule has 0 spiro atoms. The van der Waals surface area contributed by atoms with Crippen LogP contribution >= 0.6 is 34.2 Å². The summed E-state index contributed by atoms with van der Waals surface area (Å²) in [7, 11) is 0. The lowest BCUT2D eigenvalue weighted by Gasteiger charge is -2.04. The van der Waals surface area contributed by atoms with E-state index in [1.54, 1.807) is 12.1 Å². The van der Waals surface area contributed by atoms with Gasteiger partial charge in [0.05, 0.1) is 5.97 Å². The highest BCUT2D eigenvalue weighted by Crippen LogP contribution is 2.16. The van der Waals surface area contributed by atoms with Gasteiger partial charge in [0.2, 0.25) is 0 Å². The van der Waals surface area contributed by atoms with Gasteiger partial charge in [-0.2, -0.15) is 0 Å². The molecule has 0 saturated carbocycles. The molecule has 4 heteroatoms. The number of hydrogen-bond donors (Lipinski definition) is 0. The number of carboxylic acid groups (broad SMARTS) is 1. The van der Waals surface area contributed by atoms with Gasteiger partial charge in [0, 0.05) is 14.2 Å². The van der Waals surface area contributed by atoms with Crippen LogP contribution in [0.3, 0.4) is 0 Å². The van der Waals surface area contributed by atoms with Crippen molar-refractivity contribution in [1.82, 2.24) is 0 Å². The Balaban J connectivity index is 3.23. The molecule has 2 nitrogen and oxygen atoms in total. The zero-order valence-electron chi connectivity index (χ0n) is 5.30. The molecule has 0 aliphatic heterocycles. The fourth-order valence-corrected chi connectivity index (χ4v) is 1.38. The zero-order chi connectivity index (χ0) is 8.43. The van der Waals surface area contributed by atoms with Crippen LogP contribution in [-0.4, -0.2) is 5.97 Å².